The molecule has 5 nitrogen and oxygen atoms in total. The van der Waals surface area contributed by atoms with Crippen LogP contribution in [0.2, 0.25) is 0 Å². The second kappa shape index (κ2) is 7.22. The van der Waals surface area contributed by atoms with E-state index in [1.165, 1.54) is 0 Å². The number of methoxy groups -OCH3 is 1. The van der Waals surface area contributed by atoms with Crippen molar-refractivity contribution >= 4 is 16.8 Å². The van der Waals surface area contributed by atoms with Crippen LogP contribution in [-0.2, 0) is 4.74 Å². The summed E-state index contributed by atoms with van der Waals surface area (Å²) in [6.45, 7) is 5.38. The molecule has 0 unspecified atom stereocenters. The van der Waals surface area contributed by atoms with Gasteiger partial charge in [0.15, 0.2) is 0 Å². The zero-order valence-electron chi connectivity index (χ0n) is 12.9. The molecule has 0 aliphatic carbocycles. The van der Waals surface area contributed by atoms with Crippen molar-refractivity contribution in [2.45, 2.75) is 32.7 Å². The molecule has 2 aromatic rings. The first-order valence-electron chi connectivity index (χ1n) is 7.44. The standard InChI is InChI=1S/C16H23N3O2/c1-4-14(5-2)19(8-9-21-3)16(20)12-6-7-13-11-17-18-15(13)10-12/h6-7,10-11,14H,4-5,8-9H2,1-3H3,(H,17,18). The SMILES string of the molecule is CCC(CC)N(CCOC)C(=O)c1ccc2cn[nH]c2c1. The molecule has 0 bridgehead atoms. The molecule has 1 aromatic heterocycles. The summed E-state index contributed by atoms with van der Waals surface area (Å²) >= 11 is 0. The largest absolute Gasteiger partial charge is 0.383 e. The number of H-pyrrole nitrogens is 1. The smallest absolute Gasteiger partial charge is 0.254 e. The van der Waals surface area contributed by atoms with Gasteiger partial charge in [-0.1, -0.05) is 19.9 Å². The van der Waals surface area contributed by atoms with E-state index < -0.39 is 0 Å². The number of carbonyl (C=O) groups excluding carboxylic acids is 1. The number of rotatable bonds is 7. The number of hydrogen-bond acceptors (Lipinski definition) is 3. The highest BCUT2D eigenvalue weighted by Gasteiger charge is 2.22. The summed E-state index contributed by atoms with van der Waals surface area (Å²) in [6.07, 6.45) is 3.64. The molecule has 2 rings (SSSR count). The maximum Gasteiger partial charge on any atom is 0.254 e. The number of aromatic amines is 1. The molecule has 5 heteroatoms. The van der Waals surface area contributed by atoms with Gasteiger partial charge < -0.3 is 9.64 Å². The Balaban J connectivity index is 2.26. The summed E-state index contributed by atoms with van der Waals surface area (Å²) in [5.74, 6) is 0.0530. The average Bonchev–Trinajstić information content (AvgIpc) is 2.98. The van der Waals surface area contributed by atoms with Crippen molar-refractivity contribution in [3.05, 3.63) is 30.0 Å². The number of ether oxygens (including phenoxy) is 1. The van der Waals surface area contributed by atoms with E-state index in [1.54, 1.807) is 13.3 Å². The van der Waals surface area contributed by atoms with Gasteiger partial charge in [0.05, 0.1) is 18.3 Å². The fraction of sp³-hybridized carbons (Fsp3) is 0.500. The lowest BCUT2D eigenvalue weighted by atomic mass is 10.1. The normalized spacial score (nSPS) is 11.2. The van der Waals surface area contributed by atoms with E-state index in [2.05, 4.69) is 24.0 Å². The third-order valence-electron chi connectivity index (χ3n) is 3.87. The van der Waals surface area contributed by atoms with Gasteiger partial charge in [-0.25, -0.2) is 0 Å². The Hall–Kier alpha value is -1.88. The Morgan fingerprint density at radius 2 is 2.14 bits per heavy atom. The Kier molecular flexibility index (Phi) is 5.33. The summed E-state index contributed by atoms with van der Waals surface area (Å²) < 4.78 is 5.15. The van der Waals surface area contributed by atoms with Gasteiger partial charge in [0.25, 0.3) is 5.91 Å². The molecule has 1 aromatic carbocycles. The minimum absolute atomic E-state index is 0.0530. The van der Waals surface area contributed by atoms with Crippen LogP contribution in [0.15, 0.2) is 24.4 Å². The Morgan fingerprint density at radius 1 is 1.38 bits per heavy atom. The molecule has 0 spiro atoms. The van der Waals surface area contributed by atoms with E-state index in [-0.39, 0.29) is 11.9 Å². The molecular formula is C16H23N3O2. The molecule has 0 radical (unpaired) electrons. The number of benzene rings is 1. The van der Waals surface area contributed by atoms with Crippen LogP contribution in [0.5, 0.6) is 0 Å². The summed E-state index contributed by atoms with van der Waals surface area (Å²) in [5, 5.41) is 7.91. The monoisotopic (exact) mass is 289 g/mol. The minimum atomic E-state index is 0.0530. The third kappa shape index (κ3) is 3.42. The van der Waals surface area contributed by atoms with Gasteiger partial charge in [-0.2, -0.15) is 5.10 Å². The topological polar surface area (TPSA) is 58.2 Å². The molecule has 1 amide bonds. The van der Waals surface area contributed by atoms with E-state index in [0.717, 1.165) is 23.7 Å². The van der Waals surface area contributed by atoms with Crippen molar-refractivity contribution in [2.24, 2.45) is 0 Å². The zero-order valence-corrected chi connectivity index (χ0v) is 12.9. The van der Waals surface area contributed by atoms with Crippen molar-refractivity contribution in [1.82, 2.24) is 15.1 Å². The molecular weight excluding hydrogens is 266 g/mol. The number of fused-ring (bicyclic) bond motifs is 1. The van der Waals surface area contributed by atoms with E-state index >= 15 is 0 Å². The lowest BCUT2D eigenvalue weighted by Crippen LogP contribution is -2.41. The van der Waals surface area contributed by atoms with Crippen LogP contribution in [-0.4, -0.2) is 47.3 Å². The number of hydrogen-bond donors (Lipinski definition) is 1. The second-order valence-electron chi connectivity index (χ2n) is 5.13. The van der Waals surface area contributed by atoms with Gasteiger partial charge in [0.1, 0.15) is 0 Å². The molecule has 0 aliphatic heterocycles. The van der Waals surface area contributed by atoms with Crippen LogP contribution >= 0.6 is 0 Å². The summed E-state index contributed by atoms with van der Waals surface area (Å²) in [6, 6.07) is 5.90. The number of nitrogens with zero attached hydrogens (tertiary/aromatic N) is 2. The predicted molar refractivity (Wildman–Crippen MR) is 83.4 cm³/mol. The molecule has 21 heavy (non-hydrogen) atoms. The molecule has 1 N–H and O–H groups in total. The van der Waals surface area contributed by atoms with Crippen molar-refractivity contribution < 1.29 is 9.53 Å². The molecule has 0 saturated heterocycles. The van der Waals surface area contributed by atoms with E-state index in [0.29, 0.717) is 18.7 Å². The second-order valence-corrected chi connectivity index (χ2v) is 5.13. The molecule has 0 atom stereocenters. The zero-order chi connectivity index (χ0) is 15.2. The number of aromatic nitrogens is 2. The van der Waals surface area contributed by atoms with E-state index in [4.69, 9.17) is 4.74 Å². The average molecular weight is 289 g/mol. The maximum absolute atomic E-state index is 12.8. The van der Waals surface area contributed by atoms with Crippen molar-refractivity contribution in [1.29, 1.82) is 0 Å². The van der Waals surface area contributed by atoms with Crippen LogP contribution in [0.25, 0.3) is 10.9 Å². The Morgan fingerprint density at radius 3 is 2.81 bits per heavy atom. The highest BCUT2D eigenvalue weighted by atomic mass is 16.5. The highest BCUT2D eigenvalue weighted by Crippen LogP contribution is 2.17. The van der Waals surface area contributed by atoms with Crippen molar-refractivity contribution in [3.63, 3.8) is 0 Å². The summed E-state index contributed by atoms with van der Waals surface area (Å²) in [4.78, 5) is 14.7. The fourth-order valence-electron chi connectivity index (χ4n) is 2.60. The van der Waals surface area contributed by atoms with Gasteiger partial charge >= 0.3 is 0 Å². The Labute approximate surface area is 125 Å². The first-order chi connectivity index (χ1) is 10.2. The lowest BCUT2D eigenvalue weighted by Gasteiger charge is -2.30. The van der Waals surface area contributed by atoms with Crippen molar-refractivity contribution in [3.8, 4) is 0 Å². The summed E-state index contributed by atoms with van der Waals surface area (Å²) in [7, 11) is 1.66. The number of nitrogens with one attached hydrogen (secondary N) is 1. The van der Waals surface area contributed by atoms with Crippen LogP contribution in [0.4, 0.5) is 0 Å². The van der Waals surface area contributed by atoms with Crippen LogP contribution in [0, 0.1) is 0 Å². The number of carbonyl (C=O) groups is 1. The predicted octanol–water partition coefficient (Wildman–Crippen LogP) is 2.84. The number of amides is 1. The molecule has 0 fully saturated rings. The van der Waals surface area contributed by atoms with Gasteiger partial charge in [-0.15, -0.1) is 0 Å². The van der Waals surface area contributed by atoms with Crippen LogP contribution in [0.1, 0.15) is 37.0 Å². The van der Waals surface area contributed by atoms with E-state index in [1.807, 2.05) is 23.1 Å². The lowest BCUT2D eigenvalue weighted by molar-refractivity contribution is 0.0589. The molecule has 0 aliphatic rings. The van der Waals surface area contributed by atoms with Crippen LogP contribution in [0.3, 0.4) is 0 Å². The van der Waals surface area contributed by atoms with Crippen LogP contribution < -0.4 is 0 Å². The molecule has 1 heterocycles. The van der Waals surface area contributed by atoms with Gasteiger partial charge in [-0.3, -0.25) is 9.89 Å². The molecule has 114 valence electrons. The minimum Gasteiger partial charge on any atom is -0.383 e. The van der Waals surface area contributed by atoms with Gasteiger partial charge in [0, 0.05) is 30.6 Å². The first-order valence-corrected chi connectivity index (χ1v) is 7.44. The Bertz CT molecular complexity index is 590. The van der Waals surface area contributed by atoms with Gasteiger partial charge in [0.2, 0.25) is 0 Å². The quantitative estimate of drug-likeness (QED) is 0.852. The van der Waals surface area contributed by atoms with E-state index in [9.17, 15) is 4.79 Å². The van der Waals surface area contributed by atoms with Gasteiger partial charge in [-0.05, 0) is 25.0 Å². The molecule has 0 saturated carbocycles. The van der Waals surface area contributed by atoms with Crippen molar-refractivity contribution in [2.75, 3.05) is 20.3 Å². The third-order valence-corrected chi connectivity index (χ3v) is 3.87. The summed E-state index contributed by atoms with van der Waals surface area (Å²) in [5.41, 5.74) is 1.58. The fourth-order valence-corrected chi connectivity index (χ4v) is 2.60. The highest BCUT2D eigenvalue weighted by molar-refractivity contribution is 5.97. The first kappa shape index (κ1) is 15.5. The maximum atomic E-state index is 12.8.